The standard InChI is InChI=1S/C24H26N2O5S2/c1-17-5-13-23(14-6-17)33(30,31)26(3)21-11-7-20(8-12-21)24(27)25-18(2)19-9-15-22(16-10-19)32(4,28)29/h5-16,18H,1-4H3,(H,25,27). The van der Waals surface area contributed by atoms with Gasteiger partial charge in [0.15, 0.2) is 9.84 Å². The van der Waals surface area contributed by atoms with E-state index < -0.39 is 19.9 Å². The first-order valence-corrected chi connectivity index (χ1v) is 13.5. The second-order valence-corrected chi connectivity index (χ2v) is 11.9. The maximum atomic E-state index is 12.9. The number of hydrogen-bond acceptors (Lipinski definition) is 5. The Morgan fingerprint density at radius 1 is 0.818 bits per heavy atom. The van der Waals surface area contributed by atoms with Gasteiger partial charge in [-0.1, -0.05) is 29.8 Å². The molecule has 3 rings (SSSR count). The molecule has 7 nitrogen and oxygen atoms in total. The SMILES string of the molecule is Cc1ccc(S(=O)(=O)N(C)c2ccc(C(=O)NC(C)c3ccc(S(C)(=O)=O)cc3)cc2)cc1. The fourth-order valence-electron chi connectivity index (χ4n) is 3.20. The highest BCUT2D eigenvalue weighted by atomic mass is 32.2. The molecule has 0 saturated heterocycles. The van der Waals surface area contributed by atoms with E-state index in [1.54, 1.807) is 67.6 Å². The van der Waals surface area contributed by atoms with Crippen LogP contribution in [-0.2, 0) is 19.9 Å². The zero-order valence-electron chi connectivity index (χ0n) is 18.8. The number of carbonyl (C=O) groups excluding carboxylic acids is 1. The molecule has 0 aliphatic heterocycles. The van der Waals surface area contributed by atoms with E-state index in [1.807, 2.05) is 6.92 Å². The number of sulfonamides is 1. The van der Waals surface area contributed by atoms with E-state index in [1.165, 1.54) is 23.5 Å². The van der Waals surface area contributed by atoms with Crippen molar-refractivity contribution in [3.8, 4) is 0 Å². The zero-order valence-corrected chi connectivity index (χ0v) is 20.4. The molecule has 0 fully saturated rings. The average Bonchev–Trinajstić information content (AvgIpc) is 2.78. The molecule has 1 unspecified atom stereocenters. The predicted molar refractivity (Wildman–Crippen MR) is 129 cm³/mol. The first-order valence-electron chi connectivity index (χ1n) is 10.2. The van der Waals surface area contributed by atoms with Crippen molar-refractivity contribution in [3.05, 3.63) is 89.5 Å². The summed E-state index contributed by atoms with van der Waals surface area (Å²) in [5.41, 5.74) is 2.53. The fraction of sp³-hybridized carbons (Fsp3) is 0.208. The van der Waals surface area contributed by atoms with E-state index >= 15 is 0 Å². The Bertz CT molecular complexity index is 1350. The van der Waals surface area contributed by atoms with Gasteiger partial charge in [-0.2, -0.15) is 0 Å². The number of nitrogens with zero attached hydrogens (tertiary/aromatic N) is 1. The lowest BCUT2D eigenvalue weighted by atomic mass is 10.1. The topological polar surface area (TPSA) is 101 Å². The Morgan fingerprint density at radius 3 is 1.85 bits per heavy atom. The molecule has 1 atom stereocenters. The summed E-state index contributed by atoms with van der Waals surface area (Å²) in [6, 6.07) is 18.9. The van der Waals surface area contributed by atoms with Gasteiger partial charge in [-0.25, -0.2) is 16.8 Å². The van der Waals surface area contributed by atoms with Crippen LogP contribution in [0.2, 0.25) is 0 Å². The van der Waals surface area contributed by atoms with Crippen LogP contribution in [0.5, 0.6) is 0 Å². The molecular formula is C24H26N2O5S2. The van der Waals surface area contributed by atoms with E-state index in [9.17, 15) is 21.6 Å². The number of aryl methyl sites for hydroxylation is 1. The lowest BCUT2D eigenvalue weighted by Gasteiger charge is -2.20. The summed E-state index contributed by atoms with van der Waals surface area (Å²) in [5, 5.41) is 2.86. The van der Waals surface area contributed by atoms with Gasteiger partial charge in [0.2, 0.25) is 0 Å². The van der Waals surface area contributed by atoms with Crippen LogP contribution in [0.1, 0.15) is 34.5 Å². The Hall–Kier alpha value is -3.17. The minimum atomic E-state index is -3.72. The van der Waals surface area contributed by atoms with Crippen molar-refractivity contribution in [2.45, 2.75) is 29.7 Å². The van der Waals surface area contributed by atoms with Crippen LogP contribution in [0.4, 0.5) is 5.69 Å². The van der Waals surface area contributed by atoms with Crippen molar-refractivity contribution in [1.29, 1.82) is 0 Å². The minimum absolute atomic E-state index is 0.188. The maximum Gasteiger partial charge on any atom is 0.264 e. The summed E-state index contributed by atoms with van der Waals surface area (Å²) in [7, 11) is -5.54. The second kappa shape index (κ2) is 9.36. The monoisotopic (exact) mass is 486 g/mol. The second-order valence-electron chi connectivity index (χ2n) is 7.87. The molecule has 0 aliphatic carbocycles. The number of carbonyl (C=O) groups is 1. The summed E-state index contributed by atoms with van der Waals surface area (Å²) in [6.45, 7) is 3.68. The largest absolute Gasteiger partial charge is 0.346 e. The summed E-state index contributed by atoms with van der Waals surface area (Å²) in [5.74, 6) is -0.328. The molecule has 33 heavy (non-hydrogen) atoms. The van der Waals surface area contributed by atoms with E-state index in [2.05, 4.69) is 5.32 Å². The van der Waals surface area contributed by atoms with Crippen LogP contribution in [-0.4, -0.2) is 36.0 Å². The number of rotatable bonds is 7. The first kappa shape index (κ1) is 24.5. The summed E-state index contributed by atoms with van der Waals surface area (Å²) < 4.78 is 50.1. The van der Waals surface area contributed by atoms with E-state index in [4.69, 9.17) is 0 Å². The molecule has 0 aliphatic rings. The predicted octanol–water partition coefficient (Wildman–Crippen LogP) is 3.71. The Labute approximate surface area is 195 Å². The van der Waals surface area contributed by atoms with Gasteiger partial charge >= 0.3 is 0 Å². The quantitative estimate of drug-likeness (QED) is 0.549. The van der Waals surface area contributed by atoms with Crippen LogP contribution in [0, 0.1) is 6.92 Å². The van der Waals surface area contributed by atoms with Gasteiger partial charge in [0, 0.05) is 18.9 Å². The molecule has 1 amide bonds. The molecule has 0 spiro atoms. The number of nitrogens with one attached hydrogen (secondary N) is 1. The highest BCUT2D eigenvalue weighted by Crippen LogP contribution is 2.23. The number of sulfone groups is 1. The number of benzene rings is 3. The van der Waals surface area contributed by atoms with Gasteiger partial charge in [0.25, 0.3) is 15.9 Å². The fourth-order valence-corrected chi connectivity index (χ4v) is 5.02. The third kappa shape index (κ3) is 5.61. The van der Waals surface area contributed by atoms with Crippen molar-refractivity contribution in [2.75, 3.05) is 17.6 Å². The smallest absolute Gasteiger partial charge is 0.264 e. The van der Waals surface area contributed by atoms with Crippen LogP contribution in [0.15, 0.2) is 82.6 Å². The maximum absolute atomic E-state index is 12.9. The molecule has 0 radical (unpaired) electrons. The van der Waals surface area contributed by atoms with Gasteiger partial charge in [0.1, 0.15) is 0 Å². The normalized spacial score (nSPS) is 12.7. The molecule has 3 aromatic carbocycles. The molecular weight excluding hydrogens is 460 g/mol. The number of hydrogen-bond donors (Lipinski definition) is 1. The Kier molecular flexibility index (Phi) is 6.94. The number of amides is 1. The molecule has 0 saturated carbocycles. The molecule has 0 aromatic heterocycles. The van der Waals surface area contributed by atoms with Crippen LogP contribution < -0.4 is 9.62 Å². The first-order chi connectivity index (χ1) is 15.4. The van der Waals surface area contributed by atoms with Crippen molar-refractivity contribution in [1.82, 2.24) is 5.32 Å². The third-order valence-corrected chi connectivity index (χ3v) is 8.26. The van der Waals surface area contributed by atoms with Crippen LogP contribution in [0.3, 0.4) is 0 Å². The van der Waals surface area contributed by atoms with E-state index in [-0.39, 0.29) is 21.7 Å². The van der Waals surface area contributed by atoms with Gasteiger partial charge in [-0.05, 0) is 67.9 Å². The third-order valence-electron chi connectivity index (χ3n) is 5.33. The molecule has 174 valence electrons. The highest BCUT2D eigenvalue weighted by molar-refractivity contribution is 7.92. The van der Waals surface area contributed by atoms with Crippen molar-refractivity contribution >= 4 is 31.5 Å². The summed E-state index contributed by atoms with van der Waals surface area (Å²) in [4.78, 5) is 13.0. The lowest BCUT2D eigenvalue weighted by Crippen LogP contribution is -2.28. The summed E-state index contributed by atoms with van der Waals surface area (Å²) >= 11 is 0. The van der Waals surface area contributed by atoms with Gasteiger partial charge in [-0.15, -0.1) is 0 Å². The van der Waals surface area contributed by atoms with Gasteiger partial charge in [-0.3, -0.25) is 9.10 Å². The van der Waals surface area contributed by atoms with E-state index in [0.717, 1.165) is 17.4 Å². The zero-order chi connectivity index (χ0) is 24.4. The Morgan fingerprint density at radius 2 is 1.33 bits per heavy atom. The lowest BCUT2D eigenvalue weighted by molar-refractivity contribution is 0.0940. The van der Waals surface area contributed by atoms with Crippen molar-refractivity contribution < 1.29 is 21.6 Å². The van der Waals surface area contributed by atoms with Gasteiger partial charge in [0.05, 0.1) is 21.5 Å². The molecule has 9 heteroatoms. The average molecular weight is 487 g/mol. The van der Waals surface area contributed by atoms with Crippen LogP contribution >= 0.6 is 0 Å². The van der Waals surface area contributed by atoms with Crippen molar-refractivity contribution in [3.63, 3.8) is 0 Å². The van der Waals surface area contributed by atoms with E-state index in [0.29, 0.717) is 11.3 Å². The Balaban J connectivity index is 1.71. The number of anilines is 1. The molecule has 0 heterocycles. The minimum Gasteiger partial charge on any atom is -0.346 e. The van der Waals surface area contributed by atoms with Crippen LogP contribution in [0.25, 0.3) is 0 Å². The molecule has 0 bridgehead atoms. The molecule has 1 N–H and O–H groups in total. The van der Waals surface area contributed by atoms with Crippen molar-refractivity contribution in [2.24, 2.45) is 0 Å². The molecule has 3 aromatic rings. The summed E-state index contributed by atoms with van der Waals surface area (Å²) in [6.07, 6.45) is 1.14. The van der Waals surface area contributed by atoms with Gasteiger partial charge < -0.3 is 5.32 Å². The highest BCUT2D eigenvalue weighted by Gasteiger charge is 2.21.